The van der Waals surface area contributed by atoms with Gasteiger partial charge in [-0.2, -0.15) is 0 Å². The highest BCUT2D eigenvalue weighted by atomic mass is 32.1. The first-order valence-corrected chi connectivity index (χ1v) is 8.44. The highest BCUT2D eigenvalue weighted by Gasteiger charge is 2.18. The van der Waals surface area contributed by atoms with Crippen molar-refractivity contribution in [1.29, 1.82) is 0 Å². The Balaban J connectivity index is 1.83. The number of carbonyl (C=O) groups excluding carboxylic acids is 1. The Kier molecular flexibility index (Phi) is 3.70. The lowest BCUT2D eigenvalue weighted by molar-refractivity contribution is 0.101. The zero-order valence-corrected chi connectivity index (χ0v) is 14.0. The Morgan fingerprint density at radius 2 is 2.00 bits per heavy atom. The highest BCUT2D eigenvalue weighted by Crippen LogP contribution is 2.31. The van der Waals surface area contributed by atoms with Crippen molar-refractivity contribution in [3.63, 3.8) is 0 Å². The van der Waals surface area contributed by atoms with Crippen molar-refractivity contribution in [3.8, 4) is 11.3 Å². The maximum Gasteiger partial charge on any atom is 0.281 e. The maximum absolute atomic E-state index is 13.0. The van der Waals surface area contributed by atoms with Crippen LogP contribution in [0.4, 0.5) is 0 Å². The van der Waals surface area contributed by atoms with Crippen LogP contribution in [0.3, 0.4) is 0 Å². The van der Waals surface area contributed by atoms with E-state index >= 15 is 0 Å². The van der Waals surface area contributed by atoms with E-state index in [1.807, 2.05) is 11.4 Å². The Labute approximate surface area is 146 Å². The van der Waals surface area contributed by atoms with Crippen LogP contribution in [0.25, 0.3) is 21.5 Å². The third kappa shape index (κ3) is 2.64. The van der Waals surface area contributed by atoms with Gasteiger partial charge in [-0.1, -0.05) is 18.2 Å². The molecule has 4 aromatic rings. The summed E-state index contributed by atoms with van der Waals surface area (Å²) in [7, 11) is 0. The molecule has 124 valence electrons. The summed E-state index contributed by atoms with van der Waals surface area (Å²) in [6.45, 7) is 1.68. The fraction of sp³-hybridized carbons (Fsp3) is 0.0556. The number of fused-ring (bicyclic) bond motifs is 1. The van der Waals surface area contributed by atoms with Crippen molar-refractivity contribution >= 4 is 27.5 Å². The summed E-state index contributed by atoms with van der Waals surface area (Å²) in [6, 6.07) is 12.3. The number of nitrogens with zero attached hydrogens (tertiary/aromatic N) is 2. The molecule has 0 saturated carbocycles. The summed E-state index contributed by atoms with van der Waals surface area (Å²) in [5.41, 5.74) is 3.43. The number of thiophene rings is 1. The first-order chi connectivity index (χ1) is 12.1. The largest absolute Gasteiger partial charge is 0.464 e. The average Bonchev–Trinajstić information content (AvgIpc) is 3.28. The third-order valence-corrected chi connectivity index (χ3v) is 4.68. The highest BCUT2D eigenvalue weighted by molar-refractivity contribution is 7.17. The topological polar surface area (TPSA) is 77.1 Å². The third-order valence-electron chi connectivity index (χ3n) is 3.81. The molecule has 0 aliphatic rings. The Morgan fingerprint density at radius 3 is 2.72 bits per heavy atom. The number of aryl methyl sites for hydroxylation is 1. The number of rotatable bonds is 3. The zero-order valence-electron chi connectivity index (χ0n) is 13.2. The summed E-state index contributed by atoms with van der Waals surface area (Å²) in [6.07, 6.45) is 1.55. The molecule has 1 aromatic carbocycles. The Morgan fingerprint density at radius 1 is 1.20 bits per heavy atom. The predicted octanol–water partition coefficient (Wildman–Crippen LogP) is 3.41. The van der Waals surface area contributed by atoms with Gasteiger partial charge in [0.15, 0.2) is 0 Å². The molecule has 0 bridgehead atoms. The van der Waals surface area contributed by atoms with E-state index in [-0.39, 0.29) is 11.5 Å². The van der Waals surface area contributed by atoms with Crippen LogP contribution in [0.5, 0.6) is 0 Å². The van der Waals surface area contributed by atoms with Gasteiger partial charge in [-0.3, -0.25) is 15.0 Å². The second-order valence-corrected chi connectivity index (χ2v) is 6.27. The average molecular weight is 351 g/mol. The van der Waals surface area contributed by atoms with Gasteiger partial charge in [-0.05, 0) is 31.2 Å². The molecule has 0 spiro atoms. The molecule has 0 atom stereocenters. The standard InChI is InChI=1S/C18H13N3O3S/c1-11-19-17-15(13(10-25-17)14-8-5-9-24-14)18(23)21(11)20-16(22)12-6-3-2-4-7-12/h2-10H,1H3,(H,20,22). The van der Waals surface area contributed by atoms with Crippen molar-refractivity contribution in [1.82, 2.24) is 9.66 Å². The van der Waals surface area contributed by atoms with Crippen LogP contribution in [-0.4, -0.2) is 15.6 Å². The van der Waals surface area contributed by atoms with E-state index in [2.05, 4.69) is 10.4 Å². The van der Waals surface area contributed by atoms with E-state index in [0.717, 1.165) is 0 Å². The SMILES string of the molecule is Cc1nc2scc(-c3ccco3)c2c(=O)n1NC(=O)c1ccccc1. The van der Waals surface area contributed by atoms with E-state index < -0.39 is 0 Å². The fourth-order valence-corrected chi connectivity index (χ4v) is 3.56. The number of hydrogen-bond donors (Lipinski definition) is 1. The first-order valence-electron chi connectivity index (χ1n) is 7.56. The molecule has 25 heavy (non-hydrogen) atoms. The predicted molar refractivity (Wildman–Crippen MR) is 96.5 cm³/mol. The van der Waals surface area contributed by atoms with Crippen molar-refractivity contribution in [2.45, 2.75) is 6.92 Å². The smallest absolute Gasteiger partial charge is 0.281 e. The number of furan rings is 1. The van der Waals surface area contributed by atoms with Crippen LogP contribution in [0.1, 0.15) is 16.2 Å². The number of amides is 1. The first kappa shape index (κ1) is 15.3. The monoisotopic (exact) mass is 351 g/mol. The van der Waals surface area contributed by atoms with E-state index in [1.54, 1.807) is 49.6 Å². The number of nitrogens with one attached hydrogen (secondary N) is 1. The summed E-state index contributed by atoms with van der Waals surface area (Å²) < 4.78 is 6.58. The molecule has 0 fully saturated rings. The number of benzene rings is 1. The molecular weight excluding hydrogens is 338 g/mol. The van der Waals surface area contributed by atoms with Crippen LogP contribution in [0, 0.1) is 6.92 Å². The molecule has 7 heteroatoms. The molecule has 1 N–H and O–H groups in total. The normalized spacial score (nSPS) is 10.9. The number of hydrogen-bond acceptors (Lipinski definition) is 5. The molecule has 3 aromatic heterocycles. The Hall–Kier alpha value is -3.19. The molecule has 0 aliphatic carbocycles. The molecule has 0 unspecified atom stereocenters. The maximum atomic E-state index is 13.0. The van der Waals surface area contributed by atoms with E-state index in [9.17, 15) is 9.59 Å². The molecule has 0 saturated heterocycles. The summed E-state index contributed by atoms with van der Waals surface area (Å²) >= 11 is 1.37. The van der Waals surface area contributed by atoms with Gasteiger partial charge in [-0.15, -0.1) is 11.3 Å². The molecule has 0 aliphatic heterocycles. The van der Waals surface area contributed by atoms with Crippen molar-refractivity contribution in [2.24, 2.45) is 0 Å². The van der Waals surface area contributed by atoms with Gasteiger partial charge in [0, 0.05) is 16.5 Å². The summed E-state index contributed by atoms with van der Waals surface area (Å²) in [4.78, 5) is 30.4. The van der Waals surface area contributed by atoms with E-state index in [0.29, 0.717) is 32.9 Å². The molecular formula is C18H13N3O3S. The zero-order chi connectivity index (χ0) is 17.4. The van der Waals surface area contributed by atoms with E-state index in [1.165, 1.54) is 16.0 Å². The minimum Gasteiger partial charge on any atom is -0.464 e. The van der Waals surface area contributed by atoms with Crippen molar-refractivity contribution < 1.29 is 9.21 Å². The van der Waals surface area contributed by atoms with Gasteiger partial charge >= 0.3 is 0 Å². The van der Waals surface area contributed by atoms with Crippen LogP contribution < -0.4 is 11.0 Å². The second kappa shape index (κ2) is 6.03. The van der Waals surface area contributed by atoms with E-state index in [4.69, 9.17) is 4.42 Å². The van der Waals surface area contributed by atoms with Gasteiger partial charge in [0.25, 0.3) is 11.5 Å². The lowest BCUT2D eigenvalue weighted by Gasteiger charge is -2.11. The number of carbonyl (C=O) groups is 1. The lowest BCUT2D eigenvalue weighted by atomic mass is 10.2. The van der Waals surface area contributed by atoms with Gasteiger partial charge in [0.2, 0.25) is 0 Å². The van der Waals surface area contributed by atoms with Crippen LogP contribution >= 0.6 is 11.3 Å². The van der Waals surface area contributed by atoms with Crippen LogP contribution in [0.15, 0.2) is 63.3 Å². The number of aromatic nitrogens is 2. The van der Waals surface area contributed by atoms with Gasteiger partial charge in [-0.25, -0.2) is 9.66 Å². The Bertz CT molecular complexity index is 1110. The van der Waals surface area contributed by atoms with Crippen LogP contribution in [0.2, 0.25) is 0 Å². The summed E-state index contributed by atoms with van der Waals surface area (Å²) in [5.74, 6) is 0.631. The molecule has 0 radical (unpaired) electrons. The summed E-state index contributed by atoms with van der Waals surface area (Å²) in [5, 5.41) is 2.26. The van der Waals surface area contributed by atoms with Crippen molar-refractivity contribution in [2.75, 3.05) is 5.43 Å². The van der Waals surface area contributed by atoms with Crippen molar-refractivity contribution in [3.05, 3.63) is 75.8 Å². The van der Waals surface area contributed by atoms with Gasteiger partial charge in [0.1, 0.15) is 16.4 Å². The van der Waals surface area contributed by atoms with Gasteiger partial charge in [0.05, 0.1) is 11.6 Å². The molecule has 6 nitrogen and oxygen atoms in total. The lowest BCUT2D eigenvalue weighted by Crippen LogP contribution is -2.35. The van der Waals surface area contributed by atoms with Crippen LogP contribution in [-0.2, 0) is 0 Å². The minimum absolute atomic E-state index is 0.334. The second-order valence-electron chi connectivity index (χ2n) is 5.41. The molecule has 3 heterocycles. The minimum atomic E-state index is -0.373. The fourth-order valence-electron chi connectivity index (χ4n) is 2.59. The molecule has 1 amide bonds. The quantitative estimate of drug-likeness (QED) is 0.614. The van der Waals surface area contributed by atoms with Gasteiger partial charge < -0.3 is 4.42 Å². The molecule has 4 rings (SSSR count).